The summed E-state index contributed by atoms with van der Waals surface area (Å²) in [6.07, 6.45) is 6.45. The number of carbonyl (C=O) groups is 1. The zero-order valence-corrected chi connectivity index (χ0v) is 12.6. The third-order valence-corrected chi connectivity index (χ3v) is 4.69. The number of amides is 1. The molecule has 2 fully saturated rings. The van der Waals surface area contributed by atoms with Gasteiger partial charge in [-0.3, -0.25) is 14.5 Å². The smallest absolute Gasteiger partial charge is 0.254 e. The molecule has 1 aromatic rings. The number of carbonyl (C=O) groups excluding carboxylic acids is 1. The standard InChI is InChI=1S/C16H23N3O2/c1-17-10-6-13(11-15(17)20)16(21)19-9-4-5-14(12-19)18-7-2-3-8-18/h6,10-11,14H,2-5,7-9,12H2,1H3. The van der Waals surface area contributed by atoms with Crippen LogP contribution in [0.5, 0.6) is 0 Å². The lowest BCUT2D eigenvalue weighted by atomic mass is 10.0. The van der Waals surface area contributed by atoms with E-state index in [1.165, 1.54) is 43.0 Å². The van der Waals surface area contributed by atoms with Gasteiger partial charge in [-0.05, 0) is 44.8 Å². The summed E-state index contributed by atoms with van der Waals surface area (Å²) in [7, 11) is 1.70. The fourth-order valence-corrected chi connectivity index (χ4v) is 3.41. The van der Waals surface area contributed by atoms with Gasteiger partial charge in [0.15, 0.2) is 0 Å². The van der Waals surface area contributed by atoms with E-state index in [0.717, 1.165) is 19.5 Å². The molecular weight excluding hydrogens is 266 g/mol. The SMILES string of the molecule is Cn1ccc(C(=O)N2CCCC(N3CCCC3)C2)cc1=O. The molecule has 1 atom stereocenters. The van der Waals surface area contributed by atoms with Gasteiger partial charge in [0.05, 0.1) is 0 Å². The second kappa shape index (κ2) is 6.02. The van der Waals surface area contributed by atoms with Crippen LogP contribution in [-0.2, 0) is 7.05 Å². The number of aromatic nitrogens is 1. The zero-order chi connectivity index (χ0) is 14.8. The van der Waals surface area contributed by atoms with Crippen molar-refractivity contribution in [1.82, 2.24) is 14.4 Å². The van der Waals surface area contributed by atoms with Crippen molar-refractivity contribution in [3.05, 3.63) is 34.2 Å². The normalized spacial score (nSPS) is 23.5. The number of piperidine rings is 1. The lowest BCUT2D eigenvalue weighted by molar-refractivity contribution is 0.0607. The van der Waals surface area contributed by atoms with E-state index in [-0.39, 0.29) is 11.5 Å². The summed E-state index contributed by atoms with van der Waals surface area (Å²) in [6, 6.07) is 3.68. The van der Waals surface area contributed by atoms with Crippen molar-refractivity contribution < 1.29 is 4.79 Å². The van der Waals surface area contributed by atoms with Crippen LogP contribution < -0.4 is 5.56 Å². The zero-order valence-electron chi connectivity index (χ0n) is 12.6. The number of hydrogen-bond donors (Lipinski definition) is 0. The number of aryl methyl sites for hydroxylation is 1. The fraction of sp³-hybridized carbons (Fsp3) is 0.625. The summed E-state index contributed by atoms with van der Waals surface area (Å²) in [5.41, 5.74) is 0.383. The molecule has 0 saturated carbocycles. The summed E-state index contributed by atoms with van der Waals surface area (Å²) >= 11 is 0. The van der Waals surface area contributed by atoms with Crippen LogP contribution in [0.15, 0.2) is 23.1 Å². The average Bonchev–Trinajstić information content (AvgIpc) is 3.04. The Morgan fingerprint density at radius 1 is 1.19 bits per heavy atom. The lowest BCUT2D eigenvalue weighted by Gasteiger charge is -2.37. The van der Waals surface area contributed by atoms with Gasteiger partial charge in [-0.1, -0.05) is 0 Å². The van der Waals surface area contributed by atoms with Crippen LogP contribution >= 0.6 is 0 Å². The molecule has 21 heavy (non-hydrogen) atoms. The molecule has 0 spiro atoms. The lowest BCUT2D eigenvalue weighted by Crippen LogP contribution is -2.49. The van der Waals surface area contributed by atoms with Crippen molar-refractivity contribution in [2.75, 3.05) is 26.2 Å². The highest BCUT2D eigenvalue weighted by molar-refractivity contribution is 5.94. The highest BCUT2D eigenvalue weighted by Gasteiger charge is 2.29. The topological polar surface area (TPSA) is 45.6 Å². The molecule has 0 aliphatic carbocycles. The summed E-state index contributed by atoms with van der Waals surface area (Å²) in [5.74, 6) is -0.00315. The van der Waals surface area contributed by atoms with Crippen LogP contribution in [0.4, 0.5) is 0 Å². The van der Waals surface area contributed by atoms with Crippen molar-refractivity contribution in [1.29, 1.82) is 0 Å². The first-order chi connectivity index (χ1) is 10.1. The minimum absolute atomic E-state index is 0.00315. The second-order valence-corrected chi connectivity index (χ2v) is 6.15. The summed E-state index contributed by atoms with van der Waals surface area (Å²) in [6.45, 7) is 3.93. The Bertz CT molecular complexity index is 575. The van der Waals surface area contributed by atoms with Gasteiger partial charge in [-0.15, -0.1) is 0 Å². The predicted octanol–water partition coefficient (Wildman–Crippen LogP) is 1.09. The first kappa shape index (κ1) is 14.3. The molecular formula is C16H23N3O2. The van der Waals surface area contributed by atoms with E-state index in [4.69, 9.17) is 0 Å². The molecule has 114 valence electrons. The maximum atomic E-state index is 12.6. The van der Waals surface area contributed by atoms with Gasteiger partial charge in [0.2, 0.25) is 0 Å². The van der Waals surface area contributed by atoms with Crippen LogP contribution in [0.25, 0.3) is 0 Å². The summed E-state index contributed by atoms with van der Waals surface area (Å²) in [4.78, 5) is 28.7. The molecule has 2 aliphatic rings. The van der Waals surface area contributed by atoms with Gasteiger partial charge in [0.25, 0.3) is 11.5 Å². The van der Waals surface area contributed by atoms with E-state index < -0.39 is 0 Å². The van der Waals surface area contributed by atoms with Gasteiger partial charge >= 0.3 is 0 Å². The fourth-order valence-electron chi connectivity index (χ4n) is 3.41. The van der Waals surface area contributed by atoms with E-state index in [1.54, 1.807) is 19.3 Å². The van der Waals surface area contributed by atoms with Gasteiger partial charge in [0, 0.05) is 44.0 Å². The van der Waals surface area contributed by atoms with Crippen molar-refractivity contribution in [2.24, 2.45) is 7.05 Å². The molecule has 3 heterocycles. The number of nitrogens with zero attached hydrogens (tertiary/aromatic N) is 3. The van der Waals surface area contributed by atoms with Crippen LogP contribution in [0.3, 0.4) is 0 Å². The molecule has 0 bridgehead atoms. The molecule has 0 aromatic carbocycles. The Labute approximate surface area is 125 Å². The Balaban J connectivity index is 1.71. The van der Waals surface area contributed by atoms with Gasteiger partial charge in [-0.2, -0.15) is 0 Å². The van der Waals surface area contributed by atoms with E-state index in [0.29, 0.717) is 11.6 Å². The molecule has 1 unspecified atom stereocenters. The molecule has 3 rings (SSSR count). The van der Waals surface area contributed by atoms with E-state index in [1.807, 2.05) is 4.90 Å². The maximum absolute atomic E-state index is 12.6. The van der Waals surface area contributed by atoms with Crippen LogP contribution in [0.1, 0.15) is 36.0 Å². The Morgan fingerprint density at radius 2 is 1.95 bits per heavy atom. The van der Waals surface area contributed by atoms with E-state index in [9.17, 15) is 9.59 Å². The van der Waals surface area contributed by atoms with E-state index >= 15 is 0 Å². The summed E-state index contributed by atoms with van der Waals surface area (Å²) < 4.78 is 1.49. The van der Waals surface area contributed by atoms with Gasteiger partial charge in [0.1, 0.15) is 0 Å². The molecule has 2 saturated heterocycles. The average molecular weight is 289 g/mol. The van der Waals surface area contributed by atoms with Crippen LogP contribution in [0, 0.1) is 0 Å². The number of hydrogen-bond acceptors (Lipinski definition) is 3. The second-order valence-electron chi connectivity index (χ2n) is 6.15. The number of likely N-dealkylation sites (tertiary alicyclic amines) is 2. The minimum atomic E-state index is -0.131. The maximum Gasteiger partial charge on any atom is 0.254 e. The van der Waals surface area contributed by atoms with Crippen molar-refractivity contribution in [3.8, 4) is 0 Å². The first-order valence-corrected chi connectivity index (χ1v) is 7.85. The molecule has 1 amide bonds. The number of pyridine rings is 1. The Hall–Kier alpha value is -1.62. The van der Waals surface area contributed by atoms with Crippen LogP contribution in [-0.4, -0.2) is 52.5 Å². The molecule has 1 aromatic heterocycles. The monoisotopic (exact) mass is 289 g/mol. The highest BCUT2D eigenvalue weighted by atomic mass is 16.2. The molecule has 2 aliphatic heterocycles. The quantitative estimate of drug-likeness (QED) is 0.818. The molecule has 5 nitrogen and oxygen atoms in total. The predicted molar refractivity (Wildman–Crippen MR) is 81.4 cm³/mol. The van der Waals surface area contributed by atoms with E-state index in [2.05, 4.69) is 4.90 Å². The van der Waals surface area contributed by atoms with Crippen LogP contribution in [0.2, 0.25) is 0 Å². The van der Waals surface area contributed by atoms with Crippen molar-refractivity contribution in [3.63, 3.8) is 0 Å². The van der Waals surface area contributed by atoms with Gasteiger partial charge < -0.3 is 9.47 Å². The van der Waals surface area contributed by atoms with Crippen molar-refractivity contribution in [2.45, 2.75) is 31.7 Å². The van der Waals surface area contributed by atoms with Gasteiger partial charge in [-0.25, -0.2) is 0 Å². The molecule has 5 heteroatoms. The minimum Gasteiger partial charge on any atom is -0.337 e. The molecule has 0 N–H and O–H groups in total. The third-order valence-electron chi connectivity index (χ3n) is 4.69. The Morgan fingerprint density at radius 3 is 2.67 bits per heavy atom. The molecule has 0 radical (unpaired) electrons. The number of rotatable bonds is 2. The summed E-state index contributed by atoms with van der Waals surface area (Å²) in [5, 5.41) is 0. The highest BCUT2D eigenvalue weighted by Crippen LogP contribution is 2.21. The first-order valence-electron chi connectivity index (χ1n) is 7.85. The largest absolute Gasteiger partial charge is 0.337 e. The Kier molecular flexibility index (Phi) is 4.10. The van der Waals surface area contributed by atoms with Crippen molar-refractivity contribution >= 4 is 5.91 Å². The third kappa shape index (κ3) is 3.02.